The van der Waals surface area contributed by atoms with Gasteiger partial charge in [0.15, 0.2) is 0 Å². The molecule has 2 aromatic heterocycles. The highest BCUT2D eigenvalue weighted by Crippen LogP contribution is 2.52. The fourth-order valence-corrected chi connectivity index (χ4v) is 7.06. The van der Waals surface area contributed by atoms with Crippen LogP contribution in [0.1, 0.15) is 38.7 Å². The molecule has 1 fully saturated rings. The van der Waals surface area contributed by atoms with E-state index in [1.165, 1.54) is 36.2 Å². The summed E-state index contributed by atoms with van der Waals surface area (Å²) in [6.45, 7) is 5.80. The number of thioether (sulfide) groups is 1. The largest absolute Gasteiger partial charge is 0.353 e. The van der Waals surface area contributed by atoms with E-state index in [9.17, 15) is 4.39 Å². The molecule has 0 spiro atoms. The summed E-state index contributed by atoms with van der Waals surface area (Å²) in [6.07, 6.45) is 6.53. The quantitative estimate of drug-likeness (QED) is 0.555. The second kappa shape index (κ2) is 7.52. The van der Waals surface area contributed by atoms with Crippen molar-refractivity contribution in [1.82, 2.24) is 15.3 Å². The number of rotatable bonds is 3. The number of fused-ring (bicyclic) bond motifs is 2. The van der Waals surface area contributed by atoms with Gasteiger partial charge in [-0.1, -0.05) is 18.2 Å². The first kappa shape index (κ1) is 19.3. The number of thiazole rings is 1. The van der Waals surface area contributed by atoms with Crippen LogP contribution in [-0.4, -0.2) is 27.3 Å². The van der Waals surface area contributed by atoms with E-state index in [-0.39, 0.29) is 10.6 Å². The van der Waals surface area contributed by atoms with Crippen LogP contribution in [0.4, 0.5) is 15.8 Å². The molecule has 2 N–H and O–H groups in total. The van der Waals surface area contributed by atoms with E-state index in [1.807, 2.05) is 24.0 Å². The molecular formula is C22H25FN4S2. The van der Waals surface area contributed by atoms with Crippen molar-refractivity contribution in [2.75, 3.05) is 11.9 Å². The summed E-state index contributed by atoms with van der Waals surface area (Å²) in [5.41, 5.74) is 5.20. The van der Waals surface area contributed by atoms with Gasteiger partial charge in [-0.15, -0.1) is 11.3 Å². The van der Waals surface area contributed by atoms with Crippen LogP contribution in [-0.2, 0) is 6.42 Å². The number of nitrogens with zero attached hydrogens (tertiary/aromatic N) is 2. The molecular weight excluding hydrogens is 403 g/mol. The van der Waals surface area contributed by atoms with Gasteiger partial charge in [0.05, 0.1) is 21.4 Å². The normalized spacial score (nSPS) is 27.0. The molecule has 2 aliphatic rings. The van der Waals surface area contributed by atoms with Crippen LogP contribution in [0.5, 0.6) is 0 Å². The van der Waals surface area contributed by atoms with Gasteiger partial charge in [-0.25, -0.2) is 14.4 Å². The Morgan fingerprint density at radius 2 is 2.14 bits per heavy atom. The molecule has 152 valence electrons. The number of pyridine rings is 1. The maximum Gasteiger partial charge on any atom is 0.148 e. The lowest BCUT2D eigenvalue weighted by atomic mass is 9.80. The Morgan fingerprint density at radius 1 is 1.24 bits per heavy atom. The van der Waals surface area contributed by atoms with E-state index in [0.29, 0.717) is 17.6 Å². The van der Waals surface area contributed by atoms with Gasteiger partial charge in [-0.3, -0.25) is 0 Å². The molecule has 7 heteroatoms. The van der Waals surface area contributed by atoms with Crippen LogP contribution in [0.25, 0.3) is 10.2 Å². The van der Waals surface area contributed by atoms with Crippen LogP contribution in [0.15, 0.2) is 34.9 Å². The van der Waals surface area contributed by atoms with E-state index in [0.717, 1.165) is 33.9 Å². The van der Waals surface area contributed by atoms with Gasteiger partial charge >= 0.3 is 0 Å². The summed E-state index contributed by atoms with van der Waals surface area (Å²) in [6, 6.07) is 5.82. The first-order valence-electron chi connectivity index (χ1n) is 10.2. The Bertz CT molecular complexity index is 1050. The van der Waals surface area contributed by atoms with Crippen molar-refractivity contribution < 1.29 is 4.39 Å². The third kappa shape index (κ3) is 3.53. The molecule has 3 atom stereocenters. The average molecular weight is 429 g/mol. The maximum absolute atomic E-state index is 14.7. The van der Waals surface area contributed by atoms with Crippen molar-refractivity contribution in [2.24, 2.45) is 5.92 Å². The first-order valence-corrected chi connectivity index (χ1v) is 11.9. The zero-order valence-corrected chi connectivity index (χ0v) is 18.3. The Morgan fingerprint density at radius 3 is 3.03 bits per heavy atom. The third-order valence-corrected chi connectivity index (χ3v) is 8.61. The molecule has 2 aliphatic heterocycles. The predicted octanol–water partition coefficient (Wildman–Crippen LogP) is 5.76. The van der Waals surface area contributed by atoms with Gasteiger partial charge in [0.1, 0.15) is 10.8 Å². The van der Waals surface area contributed by atoms with Gasteiger partial charge in [0.2, 0.25) is 0 Å². The summed E-state index contributed by atoms with van der Waals surface area (Å²) in [5.74, 6) is 0.336. The summed E-state index contributed by atoms with van der Waals surface area (Å²) < 4.78 is 15.6. The monoisotopic (exact) mass is 428 g/mol. The van der Waals surface area contributed by atoms with E-state index >= 15 is 0 Å². The molecule has 0 aliphatic carbocycles. The fourth-order valence-electron chi connectivity index (χ4n) is 4.83. The molecule has 4 heterocycles. The Kier molecular flexibility index (Phi) is 5.00. The topological polar surface area (TPSA) is 49.8 Å². The molecule has 0 radical (unpaired) electrons. The van der Waals surface area contributed by atoms with E-state index < -0.39 is 0 Å². The van der Waals surface area contributed by atoms with Crippen LogP contribution in [0, 0.1) is 11.7 Å². The minimum absolute atomic E-state index is 0.0985. The first-order chi connectivity index (χ1) is 14.0. The summed E-state index contributed by atoms with van der Waals surface area (Å²) in [5, 5.41) is 8.11. The lowest BCUT2D eigenvalue weighted by Gasteiger charge is -2.36. The summed E-state index contributed by atoms with van der Waals surface area (Å²) in [4.78, 5) is 8.99. The molecule has 1 aromatic carbocycles. The van der Waals surface area contributed by atoms with Crippen molar-refractivity contribution in [3.8, 4) is 0 Å². The van der Waals surface area contributed by atoms with Crippen molar-refractivity contribution in [1.29, 1.82) is 0 Å². The second-order valence-electron chi connectivity index (χ2n) is 8.36. The van der Waals surface area contributed by atoms with Gasteiger partial charge in [-0.2, -0.15) is 0 Å². The lowest BCUT2D eigenvalue weighted by molar-refractivity contribution is 0.307. The average Bonchev–Trinajstić information content (AvgIpc) is 3.21. The highest BCUT2D eigenvalue weighted by Gasteiger charge is 2.44. The summed E-state index contributed by atoms with van der Waals surface area (Å²) >= 11 is 3.35. The highest BCUT2D eigenvalue weighted by atomic mass is 32.2. The number of aromatic nitrogens is 2. The number of benzene rings is 1. The van der Waals surface area contributed by atoms with Crippen LogP contribution < -0.4 is 10.6 Å². The van der Waals surface area contributed by atoms with Crippen molar-refractivity contribution in [3.05, 3.63) is 41.3 Å². The standard InChI is InChI=1S/C22H25FN4S2/c1-13-15(5-3-4-7-24-13)22(2)11-14-17(6-8-25-21(14)29-22)27-18-10-19-20(9-16(18)23)28-12-26-19/h6,8-10,12-13,15,24H,3-5,7,11H2,1-2H3,(H,25,27)/t13-,15-,22?/m1/s1. The van der Waals surface area contributed by atoms with Crippen molar-refractivity contribution in [2.45, 2.75) is 55.3 Å². The molecule has 1 saturated heterocycles. The SMILES string of the molecule is C[C@H]1NCCCC[C@H]1C1(C)Cc2c(Nc3cc4ncsc4cc3F)ccnc2S1. The fraction of sp³-hybridized carbons (Fsp3) is 0.455. The highest BCUT2D eigenvalue weighted by molar-refractivity contribution is 8.01. The van der Waals surface area contributed by atoms with E-state index in [4.69, 9.17) is 0 Å². The number of anilines is 2. The number of hydrogen-bond donors (Lipinski definition) is 2. The molecule has 4 nitrogen and oxygen atoms in total. The number of nitrogens with one attached hydrogen (secondary N) is 2. The zero-order chi connectivity index (χ0) is 20.0. The molecule has 3 aromatic rings. The van der Waals surface area contributed by atoms with Crippen molar-refractivity contribution >= 4 is 44.7 Å². The lowest BCUT2D eigenvalue weighted by Crippen LogP contribution is -2.43. The van der Waals surface area contributed by atoms with Gasteiger partial charge in [-0.05, 0) is 63.8 Å². The minimum Gasteiger partial charge on any atom is -0.353 e. The van der Waals surface area contributed by atoms with E-state index in [2.05, 4.69) is 34.4 Å². The molecule has 29 heavy (non-hydrogen) atoms. The van der Waals surface area contributed by atoms with Crippen LogP contribution in [0.2, 0.25) is 0 Å². The van der Waals surface area contributed by atoms with Gasteiger partial charge < -0.3 is 10.6 Å². The molecule has 0 saturated carbocycles. The predicted molar refractivity (Wildman–Crippen MR) is 120 cm³/mol. The number of hydrogen-bond acceptors (Lipinski definition) is 6. The number of halogens is 1. The maximum atomic E-state index is 14.7. The molecule has 0 amide bonds. The Hall–Kier alpha value is -1.70. The van der Waals surface area contributed by atoms with E-state index in [1.54, 1.807) is 17.6 Å². The van der Waals surface area contributed by atoms with Crippen LogP contribution in [0.3, 0.4) is 0 Å². The molecule has 5 rings (SSSR count). The van der Waals surface area contributed by atoms with Crippen LogP contribution >= 0.6 is 23.1 Å². The zero-order valence-electron chi connectivity index (χ0n) is 16.7. The molecule has 1 unspecified atom stereocenters. The third-order valence-electron chi connectivity index (χ3n) is 6.36. The van der Waals surface area contributed by atoms with Gasteiger partial charge in [0, 0.05) is 28.2 Å². The smallest absolute Gasteiger partial charge is 0.148 e. The van der Waals surface area contributed by atoms with Crippen molar-refractivity contribution in [3.63, 3.8) is 0 Å². The molecule has 0 bridgehead atoms. The minimum atomic E-state index is -0.248. The summed E-state index contributed by atoms with van der Waals surface area (Å²) in [7, 11) is 0. The van der Waals surface area contributed by atoms with Gasteiger partial charge in [0.25, 0.3) is 0 Å². The Balaban J connectivity index is 1.45. The second-order valence-corrected chi connectivity index (χ2v) is 10.8. The Labute approximate surface area is 178 Å².